The molecule has 0 aliphatic rings. The highest BCUT2D eigenvalue weighted by atomic mass is 127. The molecule has 0 radical (unpaired) electrons. The van der Waals surface area contributed by atoms with E-state index in [4.69, 9.17) is 5.73 Å². The molecule has 3 aromatic rings. The highest BCUT2D eigenvalue weighted by molar-refractivity contribution is 14.1. The van der Waals surface area contributed by atoms with Crippen LogP contribution in [0, 0.1) is 3.57 Å². The van der Waals surface area contributed by atoms with Gasteiger partial charge in [0.05, 0.1) is 11.0 Å². The molecule has 0 fully saturated rings. The van der Waals surface area contributed by atoms with Gasteiger partial charge in [0.1, 0.15) is 11.9 Å². The molecule has 5 heteroatoms. The number of imidazole rings is 1. The van der Waals surface area contributed by atoms with Crippen LogP contribution in [0.2, 0.25) is 0 Å². The van der Waals surface area contributed by atoms with Crippen LogP contribution in [0.3, 0.4) is 0 Å². The molecule has 20 heavy (non-hydrogen) atoms. The lowest BCUT2D eigenvalue weighted by Gasteiger charge is -2.11. The Labute approximate surface area is 130 Å². The zero-order chi connectivity index (χ0) is 14.3. The van der Waals surface area contributed by atoms with Gasteiger partial charge in [0.25, 0.3) is 0 Å². The first-order chi connectivity index (χ1) is 9.56. The number of aromatic nitrogens is 2. The SMILES string of the molecule is CC(O)c1nc2cc(N)ccc2n1-c1ccc(I)cc1. The Morgan fingerprint density at radius 1 is 1.20 bits per heavy atom. The molecule has 0 aliphatic heterocycles. The van der Waals surface area contributed by atoms with Crippen LogP contribution in [0.5, 0.6) is 0 Å². The third-order valence-electron chi connectivity index (χ3n) is 3.16. The molecule has 1 aromatic heterocycles. The Morgan fingerprint density at radius 2 is 1.90 bits per heavy atom. The van der Waals surface area contributed by atoms with Crippen molar-refractivity contribution in [2.75, 3.05) is 5.73 Å². The van der Waals surface area contributed by atoms with Gasteiger partial charge in [0, 0.05) is 14.9 Å². The van der Waals surface area contributed by atoms with Crippen molar-refractivity contribution in [3.05, 3.63) is 51.9 Å². The fourth-order valence-corrected chi connectivity index (χ4v) is 2.62. The fourth-order valence-electron chi connectivity index (χ4n) is 2.26. The van der Waals surface area contributed by atoms with Gasteiger partial charge in [-0.3, -0.25) is 4.57 Å². The molecule has 1 heterocycles. The van der Waals surface area contributed by atoms with Crippen LogP contribution in [0.1, 0.15) is 18.9 Å². The number of hydrogen-bond donors (Lipinski definition) is 2. The number of fused-ring (bicyclic) bond motifs is 1. The van der Waals surface area contributed by atoms with Crippen molar-refractivity contribution in [1.29, 1.82) is 0 Å². The summed E-state index contributed by atoms with van der Waals surface area (Å²) >= 11 is 2.27. The van der Waals surface area contributed by atoms with E-state index in [1.54, 1.807) is 6.92 Å². The van der Waals surface area contributed by atoms with Gasteiger partial charge < -0.3 is 10.8 Å². The van der Waals surface area contributed by atoms with E-state index in [1.165, 1.54) is 3.57 Å². The average molecular weight is 379 g/mol. The molecule has 3 rings (SSSR count). The number of halogens is 1. The van der Waals surface area contributed by atoms with Crippen molar-refractivity contribution in [2.24, 2.45) is 0 Å². The van der Waals surface area contributed by atoms with Gasteiger partial charge in [-0.25, -0.2) is 4.98 Å². The maximum atomic E-state index is 9.97. The molecule has 0 bridgehead atoms. The number of nitrogens with zero attached hydrogens (tertiary/aromatic N) is 2. The number of aliphatic hydroxyl groups excluding tert-OH is 1. The molecule has 3 N–H and O–H groups in total. The number of nitrogen functional groups attached to an aromatic ring is 1. The van der Waals surface area contributed by atoms with Crippen molar-refractivity contribution in [1.82, 2.24) is 9.55 Å². The molecule has 1 unspecified atom stereocenters. The standard InChI is InChI=1S/C15H14IN3O/c1-9(20)15-18-13-8-11(17)4-7-14(13)19(15)12-5-2-10(16)3-6-12/h2-9,20H,17H2,1H3. The minimum atomic E-state index is -0.650. The number of nitrogens with two attached hydrogens (primary N) is 1. The highest BCUT2D eigenvalue weighted by Crippen LogP contribution is 2.26. The molecule has 0 saturated carbocycles. The Kier molecular flexibility index (Phi) is 3.39. The van der Waals surface area contributed by atoms with Crippen molar-refractivity contribution in [3.8, 4) is 5.69 Å². The molecule has 1 atom stereocenters. The first kappa shape index (κ1) is 13.4. The quantitative estimate of drug-likeness (QED) is 0.531. The van der Waals surface area contributed by atoms with E-state index >= 15 is 0 Å². The summed E-state index contributed by atoms with van der Waals surface area (Å²) < 4.78 is 3.13. The highest BCUT2D eigenvalue weighted by Gasteiger charge is 2.16. The number of anilines is 1. The number of benzene rings is 2. The second kappa shape index (κ2) is 5.06. The second-order valence-electron chi connectivity index (χ2n) is 4.71. The van der Waals surface area contributed by atoms with Crippen molar-refractivity contribution in [3.63, 3.8) is 0 Å². The van der Waals surface area contributed by atoms with Gasteiger partial charge in [-0.15, -0.1) is 0 Å². The van der Waals surface area contributed by atoms with Gasteiger partial charge >= 0.3 is 0 Å². The van der Waals surface area contributed by atoms with E-state index in [0.717, 1.165) is 16.7 Å². The van der Waals surface area contributed by atoms with E-state index in [2.05, 4.69) is 27.6 Å². The predicted octanol–water partition coefficient (Wildman–Crippen LogP) is 3.27. The zero-order valence-corrected chi connectivity index (χ0v) is 13.1. The van der Waals surface area contributed by atoms with Crippen LogP contribution in [0.25, 0.3) is 16.7 Å². The Morgan fingerprint density at radius 3 is 2.55 bits per heavy atom. The van der Waals surface area contributed by atoms with Crippen LogP contribution in [-0.2, 0) is 0 Å². The summed E-state index contributed by atoms with van der Waals surface area (Å²) in [6.45, 7) is 1.72. The maximum Gasteiger partial charge on any atom is 0.143 e. The Hall–Kier alpha value is -1.60. The molecule has 0 aliphatic carbocycles. The third-order valence-corrected chi connectivity index (χ3v) is 3.88. The molecule has 2 aromatic carbocycles. The van der Waals surface area contributed by atoms with Crippen LogP contribution >= 0.6 is 22.6 Å². The summed E-state index contributed by atoms with van der Waals surface area (Å²) in [6.07, 6.45) is -0.650. The van der Waals surface area contributed by atoms with Gasteiger partial charge in [-0.05, 0) is 72.0 Å². The smallest absolute Gasteiger partial charge is 0.143 e. The molecular weight excluding hydrogens is 365 g/mol. The molecule has 0 amide bonds. The normalized spacial score (nSPS) is 12.8. The van der Waals surface area contributed by atoms with Gasteiger partial charge in [0.15, 0.2) is 0 Å². The second-order valence-corrected chi connectivity index (χ2v) is 5.95. The topological polar surface area (TPSA) is 64.1 Å². The number of hydrogen-bond acceptors (Lipinski definition) is 3. The van der Waals surface area contributed by atoms with Crippen LogP contribution < -0.4 is 5.73 Å². The minimum Gasteiger partial charge on any atom is -0.399 e. The molecular formula is C15H14IN3O. The summed E-state index contributed by atoms with van der Waals surface area (Å²) in [4.78, 5) is 4.50. The Balaban J connectivity index is 2.31. The fraction of sp³-hybridized carbons (Fsp3) is 0.133. The van der Waals surface area contributed by atoms with Crippen molar-refractivity contribution < 1.29 is 5.11 Å². The average Bonchev–Trinajstić information content (AvgIpc) is 2.78. The first-order valence-electron chi connectivity index (χ1n) is 6.28. The molecule has 0 saturated heterocycles. The predicted molar refractivity (Wildman–Crippen MR) is 88.8 cm³/mol. The third kappa shape index (κ3) is 2.27. The van der Waals surface area contributed by atoms with E-state index < -0.39 is 6.10 Å². The maximum absolute atomic E-state index is 9.97. The monoisotopic (exact) mass is 379 g/mol. The molecule has 4 nitrogen and oxygen atoms in total. The summed E-state index contributed by atoms with van der Waals surface area (Å²) in [5.74, 6) is 0.617. The van der Waals surface area contributed by atoms with Gasteiger partial charge in [-0.2, -0.15) is 0 Å². The van der Waals surface area contributed by atoms with E-state index in [0.29, 0.717) is 11.5 Å². The summed E-state index contributed by atoms with van der Waals surface area (Å²) in [5.41, 5.74) is 9.19. The van der Waals surface area contributed by atoms with Crippen LogP contribution in [-0.4, -0.2) is 14.7 Å². The van der Waals surface area contributed by atoms with Crippen molar-refractivity contribution in [2.45, 2.75) is 13.0 Å². The lowest BCUT2D eigenvalue weighted by molar-refractivity contribution is 0.187. The van der Waals surface area contributed by atoms with Gasteiger partial charge in [0.2, 0.25) is 0 Å². The van der Waals surface area contributed by atoms with Crippen LogP contribution in [0.15, 0.2) is 42.5 Å². The van der Waals surface area contributed by atoms with Gasteiger partial charge in [-0.1, -0.05) is 0 Å². The van der Waals surface area contributed by atoms with E-state index in [-0.39, 0.29) is 0 Å². The lowest BCUT2D eigenvalue weighted by atomic mass is 10.2. The first-order valence-corrected chi connectivity index (χ1v) is 7.36. The number of rotatable bonds is 2. The zero-order valence-electron chi connectivity index (χ0n) is 10.9. The summed E-state index contributed by atoms with van der Waals surface area (Å²) in [7, 11) is 0. The molecule has 102 valence electrons. The Bertz CT molecular complexity index is 763. The van der Waals surface area contributed by atoms with E-state index in [9.17, 15) is 5.11 Å². The summed E-state index contributed by atoms with van der Waals surface area (Å²) in [5, 5.41) is 9.97. The lowest BCUT2D eigenvalue weighted by Crippen LogP contribution is -2.04. The largest absolute Gasteiger partial charge is 0.399 e. The van der Waals surface area contributed by atoms with Crippen LogP contribution in [0.4, 0.5) is 5.69 Å². The van der Waals surface area contributed by atoms with E-state index in [1.807, 2.05) is 47.0 Å². The number of aliphatic hydroxyl groups is 1. The minimum absolute atomic E-state index is 0.617. The molecule has 0 spiro atoms. The summed E-state index contributed by atoms with van der Waals surface area (Å²) in [6, 6.07) is 13.7. The van der Waals surface area contributed by atoms with Crippen molar-refractivity contribution >= 4 is 39.3 Å².